The van der Waals surface area contributed by atoms with E-state index in [1.165, 1.54) is 0 Å². The van der Waals surface area contributed by atoms with Crippen molar-refractivity contribution >= 4 is 23.6 Å². The first-order valence-electron chi connectivity index (χ1n) is 8.14. The minimum Gasteiger partial charge on any atom is -0.481 e. The number of benzene rings is 1. The molecule has 24 heavy (non-hydrogen) atoms. The molecule has 1 aliphatic rings. The van der Waals surface area contributed by atoms with Crippen molar-refractivity contribution in [1.82, 2.24) is 10.2 Å². The van der Waals surface area contributed by atoms with Crippen LogP contribution < -0.4 is 10.1 Å². The van der Waals surface area contributed by atoms with Gasteiger partial charge < -0.3 is 19.7 Å². The molecular weight excluding hydrogens is 332 g/mol. The Morgan fingerprint density at radius 2 is 1.92 bits per heavy atom. The summed E-state index contributed by atoms with van der Waals surface area (Å²) in [6, 6.07) is 6.92. The lowest BCUT2D eigenvalue weighted by atomic mass is 10.1. The summed E-state index contributed by atoms with van der Waals surface area (Å²) in [5.41, 5.74) is 0. The van der Waals surface area contributed by atoms with E-state index in [2.05, 4.69) is 5.32 Å². The van der Waals surface area contributed by atoms with Crippen molar-refractivity contribution in [3.05, 3.63) is 29.3 Å². The van der Waals surface area contributed by atoms with Crippen molar-refractivity contribution in [2.24, 2.45) is 0 Å². The van der Waals surface area contributed by atoms with Crippen LogP contribution in [0.1, 0.15) is 26.7 Å². The van der Waals surface area contributed by atoms with Crippen molar-refractivity contribution in [2.75, 3.05) is 19.7 Å². The average molecular weight is 355 g/mol. The molecule has 7 heteroatoms. The Balaban J connectivity index is 1.76. The van der Waals surface area contributed by atoms with E-state index in [4.69, 9.17) is 21.1 Å². The number of nitrogens with zero attached hydrogens (tertiary/aromatic N) is 1. The van der Waals surface area contributed by atoms with Gasteiger partial charge in [0.15, 0.2) is 6.10 Å². The molecule has 0 aromatic heterocycles. The van der Waals surface area contributed by atoms with Crippen LogP contribution in [0.4, 0.5) is 4.79 Å². The highest BCUT2D eigenvalue weighted by molar-refractivity contribution is 6.30. The van der Waals surface area contributed by atoms with E-state index < -0.39 is 6.10 Å². The number of carbonyl (C=O) groups is 2. The fourth-order valence-electron chi connectivity index (χ4n) is 2.51. The molecule has 1 aromatic carbocycles. The van der Waals surface area contributed by atoms with Gasteiger partial charge in [-0.05, 0) is 51.0 Å². The molecule has 0 bridgehead atoms. The van der Waals surface area contributed by atoms with Gasteiger partial charge >= 0.3 is 6.09 Å². The van der Waals surface area contributed by atoms with Gasteiger partial charge in [-0.2, -0.15) is 0 Å². The van der Waals surface area contributed by atoms with Crippen molar-refractivity contribution in [1.29, 1.82) is 0 Å². The summed E-state index contributed by atoms with van der Waals surface area (Å²) in [5, 5.41) is 3.59. The maximum atomic E-state index is 12.2. The third-order valence-corrected chi connectivity index (χ3v) is 4.12. The van der Waals surface area contributed by atoms with Gasteiger partial charge in [-0.25, -0.2) is 4.79 Å². The topological polar surface area (TPSA) is 67.9 Å². The fraction of sp³-hybridized carbons (Fsp3) is 0.529. The zero-order valence-corrected chi connectivity index (χ0v) is 14.7. The Labute approximate surface area is 147 Å². The Hall–Kier alpha value is -1.95. The number of ether oxygens (including phenoxy) is 2. The van der Waals surface area contributed by atoms with Crippen molar-refractivity contribution in [3.63, 3.8) is 0 Å². The lowest BCUT2D eigenvalue weighted by Gasteiger charge is -2.32. The van der Waals surface area contributed by atoms with Gasteiger partial charge in [-0.15, -0.1) is 0 Å². The Bertz CT molecular complexity index is 556. The van der Waals surface area contributed by atoms with Gasteiger partial charge in [0.05, 0.1) is 6.61 Å². The number of likely N-dealkylation sites (tertiary alicyclic amines) is 1. The fourth-order valence-corrected chi connectivity index (χ4v) is 2.64. The van der Waals surface area contributed by atoms with E-state index in [1.807, 2.05) is 0 Å². The standard InChI is InChI=1S/C17H23ClN2O4/c1-3-23-17(22)20-10-8-14(9-11-20)19-16(21)12(2)24-15-6-4-13(18)5-7-15/h4-7,12,14H,3,8-11H2,1-2H3,(H,19,21)/t12-/m1/s1. The van der Waals surface area contributed by atoms with Crippen LogP contribution in [0.5, 0.6) is 5.75 Å². The van der Waals surface area contributed by atoms with Crippen molar-refractivity contribution < 1.29 is 19.1 Å². The minimum absolute atomic E-state index is 0.0412. The smallest absolute Gasteiger partial charge is 0.409 e. The highest BCUT2D eigenvalue weighted by atomic mass is 35.5. The number of piperidine rings is 1. The van der Waals surface area contributed by atoms with E-state index >= 15 is 0 Å². The number of hydrogen-bond donors (Lipinski definition) is 1. The normalized spacial score (nSPS) is 16.4. The molecule has 0 aliphatic carbocycles. The van der Waals surface area contributed by atoms with Crippen molar-refractivity contribution in [3.8, 4) is 5.75 Å². The van der Waals surface area contributed by atoms with Crippen LogP contribution in [-0.2, 0) is 9.53 Å². The molecule has 1 heterocycles. The summed E-state index contributed by atoms with van der Waals surface area (Å²) in [4.78, 5) is 25.5. The predicted octanol–water partition coefficient (Wildman–Crippen LogP) is 2.84. The molecule has 2 amide bonds. The number of halogens is 1. The monoisotopic (exact) mass is 354 g/mol. The molecule has 1 N–H and O–H groups in total. The van der Waals surface area contributed by atoms with Crippen LogP contribution in [0.15, 0.2) is 24.3 Å². The summed E-state index contributed by atoms with van der Waals surface area (Å²) >= 11 is 5.82. The second kappa shape index (κ2) is 8.78. The summed E-state index contributed by atoms with van der Waals surface area (Å²) < 4.78 is 10.6. The molecule has 0 saturated carbocycles. The second-order valence-electron chi connectivity index (χ2n) is 5.68. The highest BCUT2D eigenvalue weighted by Gasteiger charge is 2.26. The van der Waals surface area contributed by atoms with E-state index in [0.29, 0.717) is 43.3 Å². The lowest BCUT2D eigenvalue weighted by molar-refractivity contribution is -0.128. The van der Waals surface area contributed by atoms with Crippen LogP contribution >= 0.6 is 11.6 Å². The van der Waals surface area contributed by atoms with Crippen molar-refractivity contribution in [2.45, 2.75) is 38.8 Å². The van der Waals surface area contributed by atoms with Gasteiger partial charge in [-0.1, -0.05) is 11.6 Å². The van der Waals surface area contributed by atoms with E-state index in [-0.39, 0.29) is 18.0 Å². The molecule has 0 spiro atoms. The third-order valence-electron chi connectivity index (χ3n) is 3.86. The zero-order chi connectivity index (χ0) is 17.5. The average Bonchev–Trinajstić information content (AvgIpc) is 2.57. The maximum Gasteiger partial charge on any atom is 0.409 e. The molecule has 2 rings (SSSR count). The molecule has 1 atom stereocenters. The summed E-state index contributed by atoms with van der Waals surface area (Å²) in [6.07, 6.45) is 0.521. The minimum atomic E-state index is -0.603. The van der Waals surface area contributed by atoms with Gasteiger partial charge in [0.1, 0.15) is 5.75 Å². The Morgan fingerprint density at radius 1 is 1.29 bits per heavy atom. The molecule has 1 fully saturated rings. The summed E-state index contributed by atoms with van der Waals surface area (Å²) in [7, 11) is 0. The van der Waals surface area contributed by atoms with Crippen LogP contribution in [0.2, 0.25) is 5.02 Å². The summed E-state index contributed by atoms with van der Waals surface area (Å²) in [6.45, 7) is 5.02. The van der Waals surface area contributed by atoms with Crippen LogP contribution in [0, 0.1) is 0 Å². The molecule has 1 saturated heterocycles. The Kier molecular flexibility index (Phi) is 6.73. The maximum absolute atomic E-state index is 12.2. The zero-order valence-electron chi connectivity index (χ0n) is 14.0. The molecule has 1 aliphatic heterocycles. The summed E-state index contributed by atoms with van der Waals surface area (Å²) in [5.74, 6) is 0.429. The number of amides is 2. The molecule has 132 valence electrons. The van der Waals surface area contributed by atoms with E-state index in [1.54, 1.807) is 43.0 Å². The molecule has 6 nitrogen and oxygen atoms in total. The Morgan fingerprint density at radius 3 is 2.50 bits per heavy atom. The van der Waals surface area contributed by atoms with E-state index in [0.717, 1.165) is 0 Å². The second-order valence-corrected chi connectivity index (χ2v) is 6.12. The van der Waals surface area contributed by atoms with Gasteiger partial charge in [0.2, 0.25) is 0 Å². The largest absolute Gasteiger partial charge is 0.481 e. The van der Waals surface area contributed by atoms with Gasteiger partial charge in [0, 0.05) is 24.2 Å². The lowest BCUT2D eigenvalue weighted by Crippen LogP contribution is -2.49. The number of nitrogens with one attached hydrogen (secondary N) is 1. The first kappa shape index (κ1) is 18.4. The first-order valence-corrected chi connectivity index (χ1v) is 8.51. The third kappa shape index (κ3) is 5.30. The molecule has 0 unspecified atom stereocenters. The number of hydrogen-bond acceptors (Lipinski definition) is 4. The number of rotatable bonds is 5. The molecule has 0 radical (unpaired) electrons. The predicted molar refractivity (Wildman–Crippen MR) is 91.3 cm³/mol. The molecular formula is C17H23ClN2O4. The van der Waals surface area contributed by atoms with E-state index in [9.17, 15) is 9.59 Å². The quantitative estimate of drug-likeness (QED) is 0.882. The SMILES string of the molecule is CCOC(=O)N1CCC(NC(=O)[C@@H](C)Oc2ccc(Cl)cc2)CC1. The van der Waals surface area contributed by atoms with Gasteiger partial charge in [0.25, 0.3) is 5.91 Å². The van der Waals surface area contributed by atoms with Crippen LogP contribution in [0.3, 0.4) is 0 Å². The highest BCUT2D eigenvalue weighted by Crippen LogP contribution is 2.17. The van der Waals surface area contributed by atoms with Crippen LogP contribution in [0.25, 0.3) is 0 Å². The number of carbonyl (C=O) groups excluding carboxylic acids is 2. The first-order chi connectivity index (χ1) is 11.5. The van der Waals surface area contributed by atoms with Crippen LogP contribution in [-0.4, -0.2) is 48.7 Å². The van der Waals surface area contributed by atoms with Gasteiger partial charge in [-0.3, -0.25) is 4.79 Å². The molecule has 1 aromatic rings.